The lowest BCUT2D eigenvalue weighted by Crippen LogP contribution is -2.34. The summed E-state index contributed by atoms with van der Waals surface area (Å²) in [4.78, 5) is 15.0. The fourth-order valence-electron chi connectivity index (χ4n) is 4.38. The van der Waals surface area contributed by atoms with Crippen LogP contribution in [-0.4, -0.2) is 38.1 Å². The quantitative estimate of drug-likeness (QED) is 0.515. The van der Waals surface area contributed by atoms with Gasteiger partial charge < -0.3 is 4.90 Å². The van der Waals surface area contributed by atoms with Gasteiger partial charge in [-0.2, -0.15) is 0 Å². The Kier molecular flexibility index (Phi) is 6.97. The highest BCUT2D eigenvalue weighted by molar-refractivity contribution is 7.91. The van der Waals surface area contributed by atoms with Crippen molar-refractivity contribution in [1.82, 2.24) is 4.90 Å². The number of carbonyl (C=O) groups excluding carboxylic acids is 1. The second-order valence-corrected chi connectivity index (χ2v) is 10.8. The molecule has 1 saturated heterocycles. The molecule has 1 aliphatic heterocycles. The summed E-state index contributed by atoms with van der Waals surface area (Å²) in [5.74, 6) is -0.169. The van der Waals surface area contributed by atoms with E-state index in [0.717, 1.165) is 11.1 Å². The van der Waals surface area contributed by atoms with Gasteiger partial charge in [0.15, 0.2) is 9.84 Å². The predicted octanol–water partition coefficient (Wildman–Crippen LogP) is 5.25. The Balaban J connectivity index is 1.55. The summed E-state index contributed by atoms with van der Waals surface area (Å²) < 4.78 is 26.0. The molecule has 1 fully saturated rings. The maximum atomic E-state index is 13.3. The van der Waals surface area contributed by atoms with Crippen LogP contribution in [-0.2, 0) is 14.6 Å². The molecular weight excluding hydrogens is 442 g/mol. The van der Waals surface area contributed by atoms with E-state index in [-0.39, 0.29) is 24.1 Å². The van der Waals surface area contributed by atoms with Crippen molar-refractivity contribution in [3.8, 4) is 0 Å². The van der Waals surface area contributed by atoms with E-state index in [1.54, 1.807) is 29.2 Å². The summed E-state index contributed by atoms with van der Waals surface area (Å²) in [6, 6.07) is 27.0. The van der Waals surface area contributed by atoms with E-state index in [1.165, 1.54) is 0 Å². The van der Waals surface area contributed by atoms with Crippen LogP contribution in [0.1, 0.15) is 40.7 Å². The molecule has 4 rings (SSSR count). The van der Waals surface area contributed by atoms with Gasteiger partial charge in [-0.3, -0.25) is 4.79 Å². The molecule has 0 spiro atoms. The first-order chi connectivity index (χ1) is 15.5. The first-order valence-electron chi connectivity index (χ1n) is 10.8. The van der Waals surface area contributed by atoms with Gasteiger partial charge in [-0.1, -0.05) is 90.5 Å². The minimum Gasteiger partial charge on any atom is -0.342 e. The zero-order valence-electron chi connectivity index (χ0n) is 17.7. The summed E-state index contributed by atoms with van der Waals surface area (Å²) in [5, 5.41) is -0.234. The molecule has 1 amide bonds. The highest BCUT2D eigenvalue weighted by Crippen LogP contribution is 2.35. The van der Waals surface area contributed by atoms with Crippen molar-refractivity contribution < 1.29 is 13.2 Å². The maximum absolute atomic E-state index is 13.3. The van der Waals surface area contributed by atoms with Crippen molar-refractivity contribution in [3.05, 3.63) is 107 Å². The van der Waals surface area contributed by atoms with Crippen LogP contribution < -0.4 is 0 Å². The molecule has 166 valence electrons. The fraction of sp³-hybridized carbons (Fsp3) is 0.269. The van der Waals surface area contributed by atoms with Crippen molar-refractivity contribution in [1.29, 1.82) is 0 Å². The second kappa shape index (κ2) is 9.88. The van der Waals surface area contributed by atoms with E-state index in [2.05, 4.69) is 0 Å². The molecular formula is C26H26ClNO3S. The van der Waals surface area contributed by atoms with Gasteiger partial charge in [-0.05, 0) is 29.2 Å². The normalized spacial score (nSPS) is 18.3. The highest BCUT2D eigenvalue weighted by Gasteiger charge is 2.34. The molecule has 0 bridgehead atoms. The van der Waals surface area contributed by atoms with Crippen LogP contribution in [0.25, 0.3) is 0 Å². The number of hydrogen-bond acceptors (Lipinski definition) is 3. The molecule has 1 atom stereocenters. The number of hydrogen-bond donors (Lipinski definition) is 0. The Morgan fingerprint density at radius 3 is 2.03 bits per heavy atom. The van der Waals surface area contributed by atoms with Crippen molar-refractivity contribution in [2.45, 2.75) is 24.0 Å². The van der Waals surface area contributed by atoms with Gasteiger partial charge in [0.1, 0.15) is 0 Å². The molecule has 1 unspecified atom stereocenters. The minimum absolute atomic E-state index is 0.0299. The topological polar surface area (TPSA) is 54.5 Å². The number of halogens is 1. The zero-order chi connectivity index (χ0) is 22.6. The largest absolute Gasteiger partial charge is 0.342 e. The molecule has 1 aliphatic rings. The summed E-state index contributed by atoms with van der Waals surface area (Å²) in [7, 11) is -3.41. The van der Waals surface area contributed by atoms with E-state index < -0.39 is 15.1 Å². The number of nitrogens with zero attached hydrogens (tertiary/aromatic N) is 1. The van der Waals surface area contributed by atoms with Crippen LogP contribution >= 0.6 is 11.6 Å². The number of benzene rings is 3. The van der Waals surface area contributed by atoms with Gasteiger partial charge in [0, 0.05) is 30.5 Å². The van der Waals surface area contributed by atoms with Gasteiger partial charge in [-0.25, -0.2) is 8.42 Å². The van der Waals surface area contributed by atoms with E-state index in [4.69, 9.17) is 11.6 Å². The molecule has 0 N–H and O–H groups in total. The van der Waals surface area contributed by atoms with Gasteiger partial charge in [0.2, 0.25) is 5.91 Å². The van der Waals surface area contributed by atoms with Gasteiger partial charge >= 0.3 is 0 Å². The smallest absolute Gasteiger partial charge is 0.223 e. The molecule has 4 nitrogen and oxygen atoms in total. The lowest BCUT2D eigenvalue weighted by molar-refractivity contribution is -0.131. The molecule has 0 aromatic heterocycles. The average molecular weight is 468 g/mol. The predicted molar refractivity (Wildman–Crippen MR) is 129 cm³/mol. The van der Waals surface area contributed by atoms with Crippen LogP contribution in [0.5, 0.6) is 0 Å². The first-order valence-corrected chi connectivity index (χ1v) is 12.9. The Bertz CT molecular complexity index is 1130. The number of carbonyl (C=O) groups is 1. The molecule has 3 aromatic rings. The molecule has 1 heterocycles. The number of rotatable bonds is 5. The summed E-state index contributed by atoms with van der Waals surface area (Å²) in [6.45, 7) is 0.600. The number of amides is 1. The van der Waals surface area contributed by atoms with Crippen molar-refractivity contribution in [2.24, 2.45) is 0 Å². The average Bonchev–Trinajstić information content (AvgIpc) is 2.97. The Hall–Kier alpha value is -2.63. The van der Waals surface area contributed by atoms with Crippen LogP contribution in [0.4, 0.5) is 0 Å². The molecule has 0 saturated carbocycles. The SMILES string of the molecule is O=C(CC(c1ccccc1)c1ccccc1)N1CCC(c2ccccc2Cl)S(=O)(=O)CC1. The van der Waals surface area contributed by atoms with E-state index >= 15 is 0 Å². The first kappa shape index (κ1) is 22.6. The third-order valence-corrected chi connectivity index (χ3v) is 8.58. The van der Waals surface area contributed by atoms with Crippen LogP contribution in [0.3, 0.4) is 0 Å². The molecule has 6 heteroatoms. The molecule has 3 aromatic carbocycles. The van der Waals surface area contributed by atoms with Gasteiger partial charge in [0.25, 0.3) is 0 Å². The third-order valence-electron chi connectivity index (χ3n) is 6.13. The molecule has 0 aliphatic carbocycles. The van der Waals surface area contributed by atoms with Gasteiger partial charge in [0.05, 0.1) is 11.0 Å². The van der Waals surface area contributed by atoms with Crippen molar-refractivity contribution >= 4 is 27.3 Å². The lowest BCUT2D eigenvalue weighted by Gasteiger charge is -2.24. The standard InChI is InChI=1S/C26H26ClNO3S/c27-24-14-8-7-13-22(24)25-15-16-28(17-18-32(25,30)31)26(29)19-23(20-9-3-1-4-10-20)21-11-5-2-6-12-21/h1-14,23,25H,15-19H2. The summed E-state index contributed by atoms with van der Waals surface area (Å²) in [6.07, 6.45) is 0.643. The van der Waals surface area contributed by atoms with Crippen LogP contribution in [0.2, 0.25) is 5.02 Å². The fourth-order valence-corrected chi connectivity index (χ4v) is 6.53. The minimum atomic E-state index is -3.41. The monoisotopic (exact) mass is 467 g/mol. The number of sulfone groups is 1. The van der Waals surface area contributed by atoms with Gasteiger partial charge in [-0.15, -0.1) is 0 Å². The third kappa shape index (κ3) is 5.05. The lowest BCUT2D eigenvalue weighted by atomic mass is 9.88. The van der Waals surface area contributed by atoms with Crippen molar-refractivity contribution in [3.63, 3.8) is 0 Å². The summed E-state index contributed by atoms with van der Waals surface area (Å²) >= 11 is 6.30. The maximum Gasteiger partial charge on any atom is 0.223 e. The van der Waals surface area contributed by atoms with E-state index in [1.807, 2.05) is 60.7 Å². The van der Waals surface area contributed by atoms with Crippen molar-refractivity contribution in [2.75, 3.05) is 18.8 Å². The Labute approximate surface area is 194 Å². The molecule has 0 radical (unpaired) electrons. The Morgan fingerprint density at radius 1 is 0.875 bits per heavy atom. The second-order valence-electron chi connectivity index (χ2n) is 8.12. The highest BCUT2D eigenvalue weighted by atomic mass is 35.5. The van der Waals surface area contributed by atoms with E-state index in [9.17, 15) is 13.2 Å². The van der Waals surface area contributed by atoms with Crippen LogP contribution in [0, 0.1) is 0 Å². The Morgan fingerprint density at radius 2 is 1.44 bits per heavy atom. The van der Waals surface area contributed by atoms with E-state index in [0.29, 0.717) is 30.0 Å². The van der Waals surface area contributed by atoms with Crippen LogP contribution in [0.15, 0.2) is 84.9 Å². The molecule has 32 heavy (non-hydrogen) atoms. The summed E-state index contributed by atoms with van der Waals surface area (Å²) in [5.41, 5.74) is 2.77. The zero-order valence-corrected chi connectivity index (χ0v) is 19.3.